The Morgan fingerprint density at radius 1 is 1.19 bits per heavy atom. The van der Waals surface area contributed by atoms with Gasteiger partial charge in [-0.15, -0.1) is 0 Å². The maximum atomic E-state index is 5.82. The van der Waals surface area contributed by atoms with Crippen molar-refractivity contribution in [2.24, 2.45) is 17.7 Å². The average molecular weight is 242 g/mol. The van der Waals surface area contributed by atoms with Gasteiger partial charge in [-0.1, -0.05) is 26.2 Å². The lowest BCUT2D eigenvalue weighted by Gasteiger charge is -2.38. The minimum atomic E-state index is 0.563. The van der Waals surface area contributed by atoms with Gasteiger partial charge in [-0.05, 0) is 43.3 Å². The first kappa shape index (κ1) is 12.7. The minimum Gasteiger partial charge on any atom is -0.271 e. The molecule has 1 saturated heterocycles. The lowest BCUT2D eigenvalue weighted by atomic mass is 9.77. The van der Waals surface area contributed by atoms with Crippen molar-refractivity contribution in [1.29, 1.82) is 0 Å². The number of rotatable bonds is 3. The maximum absolute atomic E-state index is 5.82. The Kier molecular flexibility index (Phi) is 4.98. The molecular weight excluding hydrogens is 216 g/mol. The summed E-state index contributed by atoms with van der Waals surface area (Å²) in [6.45, 7) is 2.40. The van der Waals surface area contributed by atoms with Crippen LogP contribution in [0.15, 0.2) is 0 Å². The summed E-state index contributed by atoms with van der Waals surface area (Å²) in [5, 5.41) is 0.772. The third-order valence-electron chi connectivity index (χ3n) is 4.29. The van der Waals surface area contributed by atoms with Crippen molar-refractivity contribution >= 4 is 11.8 Å². The van der Waals surface area contributed by atoms with Gasteiger partial charge in [0.15, 0.2) is 0 Å². The second kappa shape index (κ2) is 6.27. The molecule has 94 valence electrons. The Balaban J connectivity index is 1.91. The number of hydrogen-bond acceptors (Lipinski definition) is 3. The van der Waals surface area contributed by atoms with Crippen LogP contribution < -0.4 is 11.3 Å². The molecule has 4 atom stereocenters. The summed E-state index contributed by atoms with van der Waals surface area (Å²) in [6.07, 6.45) is 9.76. The van der Waals surface area contributed by atoms with Gasteiger partial charge in [0.05, 0.1) is 0 Å². The predicted molar refractivity (Wildman–Crippen MR) is 72.3 cm³/mol. The molecule has 0 aromatic rings. The van der Waals surface area contributed by atoms with Gasteiger partial charge in [-0.25, -0.2) is 0 Å². The molecule has 0 aromatic carbocycles. The van der Waals surface area contributed by atoms with Crippen molar-refractivity contribution in [2.45, 2.75) is 63.2 Å². The van der Waals surface area contributed by atoms with E-state index in [-0.39, 0.29) is 0 Å². The minimum absolute atomic E-state index is 0.563. The maximum Gasteiger partial charge on any atom is 0.0357 e. The smallest absolute Gasteiger partial charge is 0.0357 e. The van der Waals surface area contributed by atoms with Crippen molar-refractivity contribution in [1.82, 2.24) is 5.43 Å². The van der Waals surface area contributed by atoms with E-state index < -0.39 is 0 Å². The van der Waals surface area contributed by atoms with Crippen LogP contribution >= 0.6 is 11.8 Å². The SMILES string of the molecule is CC1CCCC(C(NN)C2CCCCS2)C1. The molecule has 0 radical (unpaired) electrons. The predicted octanol–water partition coefficient (Wildman–Crippen LogP) is 2.93. The van der Waals surface area contributed by atoms with Crippen LogP contribution in [-0.4, -0.2) is 17.0 Å². The molecular formula is C13H26N2S. The van der Waals surface area contributed by atoms with Crippen LogP contribution in [0.2, 0.25) is 0 Å². The molecule has 1 aliphatic heterocycles. The second-order valence-electron chi connectivity index (χ2n) is 5.63. The lowest BCUT2D eigenvalue weighted by molar-refractivity contribution is 0.216. The molecule has 16 heavy (non-hydrogen) atoms. The van der Waals surface area contributed by atoms with E-state index in [4.69, 9.17) is 5.84 Å². The van der Waals surface area contributed by atoms with Crippen molar-refractivity contribution in [2.75, 3.05) is 5.75 Å². The molecule has 0 amide bonds. The highest BCUT2D eigenvalue weighted by molar-refractivity contribution is 8.00. The summed E-state index contributed by atoms with van der Waals surface area (Å²) in [5.41, 5.74) is 3.14. The lowest BCUT2D eigenvalue weighted by Crippen LogP contribution is -2.49. The Hall–Kier alpha value is 0.270. The van der Waals surface area contributed by atoms with Crippen LogP contribution in [0.3, 0.4) is 0 Å². The summed E-state index contributed by atoms with van der Waals surface area (Å²) in [7, 11) is 0. The van der Waals surface area contributed by atoms with Crippen LogP contribution in [-0.2, 0) is 0 Å². The normalized spacial score (nSPS) is 38.2. The molecule has 2 aliphatic rings. The van der Waals surface area contributed by atoms with E-state index >= 15 is 0 Å². The van der Waals surface area contributed by atoms with Gasteiger partial charge in [0.2, 0.25) is 0 Å². The van der Waals surface area contributed by atoms with E-state index in [1.165, 1.54) is 50.7 Å². The van der Waals surface area contributed by atoms with Crippen LogP contribution in [0.25, 0.3) is 0 Å². The Morgan fingerprint density at radius 3 is 2.69 bits per heavy atom. The molecule has 2 fully saturated rings. The fourth-order valence-electron chi connectivity index (χ4n) is 3.40. The van der Waals surface area contributed by atoms with Crippen molar-refractivity contribution in [3.63, 3.8) is 0 Å². The summed E-state index contributed by atoms with van der Waals surface area (Å²) >= 11 is 2.15. The monoisotopic (exact) mass is 242 g/mol. The van der Waals surface area contributed by atoms with Gasteiger partial charge >= 0.3 is 0 Å². The second-order valence-corrected chi connectivity index (χ2v) is 6.98. The highest BCUT2D eigenvalue weighted by Gasteiger charge is 2.32. The van der Waals surface area contributed by atoms with Gasteiger partial charge in [0.1, 0.15) is 0 Å². The van der Waals surface area contributed by atoms with Gasteiger partial charge in [0.25, 0.3) is 0 Å². The molecule has 0 bridgehead atoms. The topological polar surface area (TPSA) is 38.0 Å². The largest absolute Gasteiger partial charge is 0.271 e. The van der Waals surface area contributed by atoms with Crippen LogP contribution in [0.4, 0.5) is 0 Å². The molecule has 1 aliphatic carbocycles. The summed E-state index contributed by atoms with van der Waals surface area (Å²) in [4.78, 5) is 0. The van der Waals surface area contributed by atoms with Crippen LogP contribution in [0, 0.1) is 11.8 Å². The van der Waals surface area contributed by atoms with Crippen LogP contribution in [0.1, 0.15) is 51.9 Å². The van der Waals surface area contributed by atoms with E-state index in [1.807, 2.05) is 0 Å². The first-order chi connectivity index (χ1) is 7.81. The number of nitrogens with one attached hydrogen (secondary N) is 1. The number of nitrogens with two attached hydrogens (primary N) is 1. The molecule has 1 heterocycles. The molecule has 3 N–H and O–H groups in total. The zero-order chi connectivity index (χ0) is 11.4. The number of thioether (sulfide) groups is 1. The molecule has 0 spiro atoms. The molecule has 4 unspecified atom stereocenters. The summed E-state index contributed by atoms with van der Waals surface area (Å²) in [5.74, 6) is 8.88. The fraction of sp³-hybridized carbons (Fsp3) is 1.00. The first-order valence-corrected chi connectivity index (χ1v) is 7.94. The highest BCUT2D eigenvalue weighted by Crippen LogP contribution is 2.37. The standard InChI is InChI=1S/C13H26N2S/c1-10-5-4-6-11(9-10)13(15-14)12-7-2-3-8-16-12/h10-13,15H,2-9,14H2,1H3. The highest BCUT2D eigenvalue weighted by atomic mass is 32.2. The van der Waals surface area contributed by atoms with Gasteiger partial charge in [-0.3, -0.25) is 11.3 Å². The number of hydrazine groups is 1. The van der Waals surface area contributed by atoms with Gasteiger partial charge < -0.3 is 0 Å². The molecule has 2 rings (SSSR count). The summed E-state index contributed by atoms with van der Waals surface area (Å²) < 4.78 is 0. The molecule has 3 heteroatoms. The zero-order valence-corrected chi connectivity index (χ0v) is 11.3. The Labute approximate surface area is 104 Å². The van der Waals surface area contributed by atoms with Gasteiger partial charge in [-0.2, -0.15) is 11.8 Å². The van der Waals surface area contributed by atoms with Gasteiger partial charge in [0, 0.05) is 11.3 Å². The molecule has 2 nitrogen and oxygen atoms in total. The van der Waals surface area contributed by atoms with Crippen molar-refractivity contribution < 1.29 is 0 Å². The third kappa shape index (κ3) is 3.14. The Bertz CT molecular complexity index is 204. The van der Waals surface area contributed by atoms with E-state index in [0.717, 1.165) is 17.1 Å². The first-order valence-electron chi connectivity index (χ1n) is 6.89. The van der Waals surface area contributed by atoms with E-state index in [9.17, 15) is 0 Å². The average Bonchev–Trinajstić information content (AvgIpc) is 2.31. The molecule has 0 aromatic heterocycles. The van der Waals surface area contributed by atoms with E-state index in [0.29, 0.717) is 6.04 Å². The fourth-order valence-corrected chi connectivity index (χ4v) is 4.92. The van der Waals surface area contributed by atoms with E-state index in [2.05, 4.69) is 24.1 Å². The van der Waals surface area contributed by atoms with Crippen molar-refractivity contribution in [3.05, 3.63) is 0 Å². The quantitative estimate of drug-likeness (QED) is 0.590. The zero-order valence-electron chi connectivity index (χ0n) is 10.5. The van der Waals surface area contributed by atoms with E-state index in [1.54, 1.807) is 0 Å². The number of hydrogen-bond donors (Lipinski definition) is 2. The van der Waals surface area contributed by atoms with Crippen LogP contribution in [0.5, 0.6) is 0 Å². The Morgan fingerprint density at radius 2 is 2.06 bits per heavy atom. The summed E-state index contributed by atoms with van der Waals surface area (Å²) in [6, 6.07) is 0.563. The van der Waals surface area contributed by atoms with Crippen molar-refractivity contribution in [3.8, 4) is 0 Å². The molecule has 1 saturated carbocycles. The third-order valence-corrected chi connectivity index (χ3v) is 5.77.